The van der Waals surface area contributed by atoms with Crippen molar-refractivity contribution in [2.24, 2.45) is 5.92 Å². The van der Waals surface area contributed by atoms with Crippen LogP contribution in [0.1, 0.15) is 17.5 Å². The van der Waals surface area contributed by atoms with Crippen LogP contribution in [-0.2, 0) is 9.59 Å². The van der Waals surface area contributed by atoms with Gasteiger partial charge in [0, 0.05) is 23.9 Å². The Morgan fingerprint density at radius 1 is 1.15 bits per heavy atom. The standard InChI is InChI=1S/C24H23N5O3S/c1-14-4-7-16(8-5-14)19-13-33-24-26-23(27-29(19)24)25-22(31)17-11-21(30)28(12-17)18-10-15(2)6-9-20(18)32-3/h4-10,13,17H,11-12H2,1-3H3,(H,25,27,31). The highest BCUT2D eigenvalue weighted by atomic mass is 32.1. The van der Waals surface area contributed by atoms with E-state index in [1.165, 1.54) is 16.9 Å². The van der Waals surface area contributed by atoms with Gasteiger partial charge >= 0.3 is 0 Å². The van der Waals surface area contributed by atoms with Gasteiger partial charge < -0.3 is 9.64 Å². The number of hydrogen-bond acceptors (Lipinski definition) is 6. The molecular weight excluding hydrogens is 438 g/mol. The summed E-state index contributed by atoms with van der Waals surface area (Å²) < 4.78 is 7.15. The van der Waals surface area contributed by atoms with Crippen molar-refractivity contribution in [3.63, 3.8) is 0 Å². The largest absolute Gasteiger partial charge is 0.495 e. The molecule has 0 aliphatic carbocycles. The molecule has 2 aromatic heterocycles. The molecule has 9 heteroatoms. The summed E-state index contributed by atoms with van der Waals surface area (Å²) >= 11 is 1.46. The van der Waals surface area contributed by atoms with E-state index in [0.29, 0.717) is 16.4 Å². The molecule has 0 spiro atoms. The molecule has 1 atom stereocenters. The van der Waals surface area contributed by atoms with E-state index in [9.17, 15) is 9.59 Å². The van der Waals surface area contributed by atoms with Gasteiger partial charge in [0.1, 0.15) is 5.75 Å². The zero-order valence-electron chi connectivity index (χ0n) is 18.5. The molecule has 0 bridgehead atoms. The molecule has 8 nitrogen and oxygen atoms in total. The average Bonchev–Trinajstić information content (AvgIpc) is 3.48. The third-order valence-electron chi connectivity index (χ3n) is 5.78. The number of aryl methyl sites for hydroxylation is 2. The fourth-order valence-electron chi connectivity index (χ4n) is 4.00. The molecule has 33 heavy (non-hydrogen) atoms. The Morgan fingerprint density at radius 2 is 1.91 bits per heavy atom. The molecule has 1 N–H and O–H groups in total. The number of anilines is 2. The molecule has 0 saturated carbocycles. The van der Waals surface area contributed by atoms with Gasteiger partial charge in [0.05, 0.1) is 24.4 Å². The van der Waals surface area contributed by atoms with Crippen LogP contribution in [-0.4, -0.2) is 40.1 Å². The lowest BCUT2D eigenvalue weighted by Gasteiger charge is -2.20. The number of hydrogen-bond donors (Lipinski definition) is 1. The average molecular weight is 462 g/mol. The Balaban J connectivity index is 1.34. The first kappa shape index (κ1) is 21.1. The number of methoxy groups -OCH3 is 1. The molecule has 1 unspecified atom stereocenters. The van der Waals surface area contributed by atoms with Gasteiger partial charge in [0.2, 0.25) is 22.7 Å². The Labute approximate surface area is 194 Å². The van der Waals surface area contributed by atoms with Gasteiger partial charge in [-0.15, -0.1) is 16.4 Å². The minimum atomic E-state index is -0.499. The normalized spacial score (nSPS) is 15.9. The highest BCUT2D eigenvalue weighted by Crippen LogP contribution is 2.34. The number of nitrogens with zero attached hydrogens (tertiary/aromatic N) is 4. The third kappa shape index (κ3) is 3.95. The number of fused-ring (bicyclic) bond motifs is 1. The number of carbonyl (C=O) groups is 2. The monoisotopic (exact) mass is 461 g/mol. The number of carbonyl (C=O) groups excluding carboxylic acids is 2. The van der Waals surface area contributed by atoms with Gasteiger partial charge in [-0.1, -0.05) is 35.9 Å². The lowest BCUT2D eigenvalue weighted by Crippen LogP contribution is -2.28. The second-order valence-electron chi connectivity index (χ2n) is 8.19. The molecule has 168 valence electrons. The van der Waals surface area contributed by atoms with E-state index < -0.39 is 5.92 Å². The molecule has 5 rings (SSSR count). The molecule has 1 saturated heterocycles. The first-order valence-electron chi connectivity index (χ1n) is 10.6. The predicted octanol–water partition coefficient (Wildman–Crippen LogP) is 4.07. The van der Waals surface area contributed by atoms with Gasteiger partial charge in [-0.3, -0.25) is 14.9 Å². The number of nitrogens with one attached hydrogen (secondary N) is 1. The summed E-state index contributed by atoms with van der Waals surface area (Å²) in [5.74, 6) is -0.0400. The number of aromatic nitrogens is 3. The fourth-order valence-corrected chi connectivity index (χ4v) is 4.83. The van der Waals surface area contributed by atoms with Crippen LogP contribution in [0.2, 0.25) is 0 Å². The lowest BCUT2D eigenvalue weighted by atomic mass is 10.1. The van der Waals surface area contributed by atoms with Crippen LogP contribution in [0, 0.1) is 19.8 Å². The van der Waals surface area contributed by atoms with Gasteiger partial charge in [-0.05, 0) is 31.5 Å². The van der Waals surface area contributed by atoms with Crippen molar-refractivity contribution in [3.05, 3.63) is 59.0 Å². The van der Waals surface area contributed by atoms with Crippen molar-refractivity contribution in [1.82, 2.24) is 14.6 Å². The van der Waals surface area contributed by atoms with Crippen molar-refractivity contribution in [2.45, 2.75) is 20.3 Å². The van der Waals surface area contributed by atoms with Crippen molar-refractivity contribution >= 4 is 39.7 Å². The minimum Gasteiger partial charge on any atom is -0.495 e. The van der Waals surface area contributed by atoms with Gasteiger partial charge in [0.15, 0.2) is 0 Å². The molecule has 2 amide bonds. The Morgan fingerprint density at radius 3 is 2.67 bits per heavy atom. The van der Waals surface area contributed by atoms with Crippen LogP contribution in [0.25, 0.3) is 16.2 Å². The fraction of sp³-hybridized carbons (Fsp3) is 0.250. The van der Waals surface area contributed by atoms with Gasteiger partial charge in [0.25, 0.3) is 0 Å². The van der Waals surface area contributed by atoms with Crippen LogP contribution in [0.3, 0.4) is 0 Å². The summed E-state index contributed by atoms with van der Waals surface area (Å²) in [5.41, 5.74) is 4.81. The van der Waals surface area contributed by atoms with Crippen molar-refractivity contribution in [2.75, 3.05) is 23.9 Å². The van der Waals surface area contributed by atoms with E-state index in [-0.39, 0.29) is 30.7 Å². The number of amides is 2. The predicted molar refractivity (Wildman–Crippen MR) is 128 cm³/mol. The number of thiazole rings is 1. The van der Waals surface area contributed by atoms with Crippen molar-refractivity contribution in [3.8, 4) is 17.0 Å². The maximum Gasteiger partial charge on any atom is 0.250 e. The molecule has 1 fully saturated rings. The minimum absolute atomic E-state index is 0.112. The van der Waals surface area contributed by atoms with E-state index in [0.717, 1.165) is 16.8 Å². The van der Waals surface area contributed by atoms with Crippen LogP contribution in [0.4, 0.5) is 11.6 Å². The zero-order valence-corrected chi connectivity index (χ0v) is 19.3. The smallest absolute Gasteiger partial charge is 0.250 e. The second-order valence-corrected chi connectivity index (χ2v) is 9.02. The van der Waals surface area contributed by atoms with Crippen molar-refractivity contribution in [1.29, 1.82) is 0 Å². The first-order chi connectivity index (χ1) is 15.9. The third-order valence-corrected chi connectivity index (χ3v) is 6.60. The first-order valence-corrected chi connectivity index (χ1v) is 11.5. The van der Waals surface area contributed by atoms with Crippen molar-refractivity contribution < 1.29 is 14.3 Å². The molecule has 2 aromatic carbocycles. The maximum atomic E-state index is 12.9. The van der Waals surface area contributed by atoms with Crippen LogP contribution in [0.15, 0.2) is 47.8 Å². The van der Waals surface area contributed by atoms with Crippen LogP contribution >= 0.6 is 11.3 Å². The number of rotatable bonds is 5. The molecule has 4 aromatic rings. The van der Waals surface area contributed by atoms with E-state index in [1.807, 2.05) is 61.7 Å². The van der Waals surface area contributed by atoms with E-state index in [2.05, 4.69) is 15.4 Å². The summed E-state index contributed by atoms with van der Waals surface area (Å²) in [5, 5.41) is 9.27. The zero-order chi connectivity index (χ0) is 23.1. The van der Waals surface area contributed by atoms with Gasteiger partial charge in [-0.2, -0.15) is 4.98 Å². The topological polar surface area (TPSA) is 88.8 Å². The lowest BCUT2D eigenvalue weighted by molar-refractivity contribution is -0.122. The van der Waals surface area contributed by atoms with E-state index >= 15 is 0 Å². The molecule has 1 aliphatic rings. The summed E-state index contributed by atoms with van der Waals surface area (Å²) in [7, 11) is 1.57. The molecule has 3 heterocycles. The summed E-state index contributed by atoms with van der Waals surface area (Å²) in [6.45, 7) is 4.27. The SMILES string of the molecule is COc1ccc(C)cc1N1CC(C(=O)Nc2nc3scc(-c4ccc(C)cc4)n3n2)CC1=O. The Bertz CT molecular complexity index is 1360. The summed E-state index contributed by atoms with van der Waals surface area (Å²) in [6.07, 6.45) is 0.125. The molecule has 0 radical (unpaired) electrons. The van der Waals surface area contributed by atoms with E-state index in [1.54, 1.807) is 16.5 Å². The highest BCUT2D eigenvalue weighted by molar-refractivity contribution is 7.15. The maximum absolute atomic E-state index is 12.9. The highest BCUT2D eigenvalue weighted by Gasteiger charge is 2.36. The summed E-state index contributed by atoms with van der Waals surface area (Å²) in [4.78, 5) is 32.4. The Kier molecular flexibility index (Phi) is 5.33. The summed E-state index contributed by atoms with van der Waals surface area (Å²) in [6, 6.07) is 13.8. The number of ether oxygens (including phenoxy) is 1. The second kappa shape index (κ2) is 8.32. The van der Waals surface area contributed by atoms with E-state index in [4.69, 9.17) is 4.74 Å². The van der Waals surface area contributed by atoms with Crippen LogP contribution in [0.5, 0.6) is 5.75 Å². The van der Waals surface area contributed by atoms with Gasteiger partial charge in [-0.25, -0.2) is 4.52 Å². The Hall–Kier alpha value is -3.72. The molecular formula is C24H23N5O3S. The number of benzene rings is 2. The van der Waals surface area contributed by atoms with Crippen LogP contribution < -0.4 is 15.0 Å². The molecule has 1 aliphatic heterocycles. The quantitative estimate of drug-likeness (QED) is 0.484.